The highest BCUT2D eigenvalue weighted by atomic mass is 79.9. The van der Waals surface area contributed by atoms with Gasteiger partial charge < -0.3 is 9.72 Å². The van der Waals surface area contributed by atoms with E-state index in [4.69, 9.17) is 0 Å². The number of para-hydroxylation sites is 1. The Bertz CT molecular complexity index is 630. The zero-order valence-corrected chi connectivity index (χ0v) is 11.6. The SMILES string of the molecule is COC(=O)CC(=O)c1c(C)[nH]c2c(Br)cccc12. The summed E-state index contributed by atoms with van der Waals surface area (Å²) in [5, 5.41) is 0.816. The van der Waals surface area contributed by atoms with Crippen molar-refractivity contribution in [2.45, 2.75) is 13.3 Å². The fraction of sp³-hybridized carbons (Fsp3) is 0.231. The van der Waals surface area contributed by atoms with Gasteiger partial charge in [-0.05, 0) is 28.9 Å². The number of Topliss-reactive ketones (excluding diaryl/α,β-unsaturated/α-hetero) is 1. The molecule has 0 bridgehead atoms. The molecule has 5 heteroatoms. The fourth-order valence-electron chi connectivity index (χ4n) is 1.96. The van der Waals surface area contributed by atoms with E-state index in [9.17, 15) is 9.59 Å². The third-order valence-electron chi connectivity index (χ3n) is 2.78. The Kier molecular flexibility index (Phi) is 3.52. The molecular formula is C13H12BrNO3. The van der Waals surface area contributed by atoms with Crippen LogP contribution in [0.2, 0.25) is 0 Å². The van der Waals surface area contributed by atoms with Crippen molar-refractivity contribution in [2.24, 2.45) is 0 Å². The van der Waals surface area contributed by atoms with E-state index in [1.165, 1.54) is 7.11 Å². The molecule has 0 aliphatic carbocycles. The van der Waals surface area contributed by atoms with Gasteiger partial charge in [0.1, 0.15) is 6.42 Å². The molecule has 2 aromatic rings. The molecule has 0 amide bonds. The van der Waals surface area contributed by atoms with Gasteiger partial charge in [0.2, 0.25) is 0 Å². The lowest BCUT2D eigenvalue weighted by atomic mass is 10.0. The zero-order valence-electron chi connectivity index (χ0n) is 10.0. The number of benzene rings is 1. The summed E-state index contributed by atoms with van der Waals surface area (Å²) in [4.78, 5) is 26.4. The molecule has 0 saturated heterocycles. The number of hydrogen-bond donors (Lipinski definition) is 1. The maximum absolute atomic E-state index is 12.1. The van der Waals surface area contributed by atoms with E-state index in [0.29, 0.717) is 5.56 Å². The summed E-state index contributed by atoms with van der Waals surface area (Å²) in [7, 11) is 1.27. The van der Waals surface area contributed by atoms with Crippen molar-refractivity contribution in [1.29, 1.82) is 0 Å². The van der Waals surface area contributed by atoms with Crippen LogP contribution in [-0.2, 0) is 9.53 Å². The molecule has 0 aliphatic rings. The molecule has 0 atom stereocenters. The van der Waals surface area contributed by atoms with Crippen molar-refractivity contribution in [3.8, 4) is 0 Å². The Morgan fingerprint density at radius 3 is 2.78 bits per heavy atom. The van der Waals surface area contributed by atoms with Gasteiger partial charge in [-0.3, -0.25) is 9.59 Å². The minimum atomic E-state index is -0.524. The quantitative estimate of drug-likeness (QED) is 0.538. The molecule has 0 spiro atoms. The lowest BCUT2D eigenvalue weighted by Crippen LogP contribution is -2.10. The van der Waals surface area contributed by atoms with Crippen molar-refractivity contribution in [2.75, 3.05) is 7.11 Å². The first-order valence-electron chi connectivity index (χ1n) is 5.41. The van der Waals surface area contributed by atoms with E-state index < -0.39 is 5.97 Å². The molecule has 0 fully saturated rings. The number of H-pyrrole nitrogens is 1. The molecule has 94 valence electrons. The van der Waals surface area contributed by atoms with Gasteiger partial charge in [0.15, 0.2) is 5.78 Å². The number of nitrogens with one attached hydrogen (secondary N) is 1. The Morgan fingerprint density at radius 2 is 2.11 bits per heavy atom. The third-order valence-corrected chi connectivity index (χ3v) is 3.44. The minimum absolute atomic E-state index is 0.233. The van der Waals surface area contributed by atoms with E-state index >= 15 is 0 Å². The molecular weight excluding hydrogens is 298 g/mol. The number of hydrogen-bond acceptors (Lipinski definition) is 3. The van der Waals surface area contributed by atoms with Crippen LogP contribution in [0.4, 0.5) is 0 Å². The van der Waals surface area contributed by atoms with Gasteiger partial charge in [0, 0.05) is 21.1 Å². The predicted octanol–water partition coefficient (Wildman–Crippen LogP) is 2.98. The minimum Gasteiger partial charge on any atom is -0.469 e. The molecule has 0 saturated carbocycles. The Labute approximate surface area is 112 Å². The van der Waals surface area contributed by atoms with Gasteiger partial charge in [-0.15, -0.1) is 0 Å². The first-order valence-corrected chi connectivity index (χ1v) is 6.20. The van der Waals surface area contributed by atoms with Crippen LogP contribution >= 0.6 is 15.9 Å². The number of aromatic amines is 1. The Balaban J connectivity index is 2.51. The molecule has 0 unspecified atom stereocenters. The van der Waals surface area contributed by atoms with Gasteiger partial charge in [-0.25, -0.2) is 0 Å². The maximum Gasteiger partial charge on any atom is 0.313 e. The van der Waals surface area contributed by atoms with Crippen molar-refractivity contribution in [3.05, 3.63) is 33.9 Å². The predicted molar refractivity (Wildman–Crippen MR) is 71.7 cm³/mol. The molecule has 0 radical (unpaired) electrons. The Hall–Kier alpha value is -1.62. The maximum atomic E-state index is 12.1. The van der Waals surface area contributed by atoms with Gasteiger partial charge >= 0.3 is 5.97 Å². The molecule has 1 N–H and O–H groups in total. The van der Waals surface area contributed by atoms with Crippen molar-refractivity contribution in [3.63, 3.8) is 0 Å². The Morgan fingerprint density at radius 1 is 1.39 bits per heavy atom. The highest BCUT2D eigenvalue weighted by molar-refractivity contribution is 9.10. The summed E-state index contributed by atoms with van der Waals surface area (Å²) in [6, 6.07) is 5.61. The van der Waals surface area contributed by atoms with Gasteiger partial charge in [-0.1, -0.05) is 12.1 Å². The second kappa shape index (κ2) is 4.94. The van der Waals surface area contributed by atoms with Crippen LogP contribution in [-0.4, -0.2) is 23.8 Å². The highest BCUT2D eigenvalue weighted by Gasteiger charge is 2.19. The van der Waals surface area contributed by atoms with Crippen LogP contribution in [0.1, 0.15) is 22.5 Å². The van der Waals surface area contributed by atoms with Crippen LogP contribution in [0.15, 0.2) is 22.7 Å². The number of fused-ring (bicyclic) bond motifs is 1. The number of ketones is 1. The summed E-state index contributed by atoms with van der Waals surface area (Å²) in [5.41, 5.74) is 2.17. The summed E-state index contributed by atoms with van der Waals surface area (Å²) in [6.45, 7) is 1.82. The second-order valence-corrected chi connectivity index (χ2v) is 4.82. The van der Waals surface area contributed by atoms with Gasteiger partial charge in [0.05, 0.1) is 12.6 Å². The number of esters is 1. The lowest BCUT2D eigenvalue weighted by Gasteiger charge is -2.00. The number of carbonyl (C=O) groups is 2. The number of aryl methyl sites for hydroxylation is 1. The van der Waals surface area contributed by atoms with Crippen molar-refractivity contribution >= 4 is 38.6 Å². The number of ether oxygens (including phenoxy) is 1. The van der Waals surface area contributed by atoms with Crippen molar-refractivity contribution < 1.29 is 14.3 Å². The second-order valence-electron chi connectivity index (χ2n) is 3.96. The van der Waals surface area contributed by atoms with Crippen LogP contribution < -0.4 is 0 Å². The number of halogens is 1. The lowest BCUT2D eigenvalue weighted by molar-refractivity contribution is -0.139. The third kappa shape index (κ3) is 2.18. The fourth-order valence-corrected chi connectivity index (χ4v) is 2.43. The topological polar surface area (TPSA) is 59.2 Å². The monoisotopic (exact) mass is 309 g/mol. The zero-order chi connectivity index (χ0) is 13.3. The molecule has 1 heterocycles. The normalized spacial score (nSPS) is 10.6. The highest BCUT2D eigenvalue weighted by Crippen LogP contribution is 2.28. The van der Waals surface area contributed by atoms with E-state index in [0.717, 1.165) is 21.1 Å². The molecule has 4 nitrogen and oxygen atoms in total. The number of aromatic nitrogens is 1. The molecule has 1 aromatic carbocycles. The molecule has 1 aromatic heterocycles. The van der Waals surface area contributed by atoms with E-state index in [1.807, 2.05) is 25.1 Å². The van der Waals surface area contributed by atoms with E-state index in [-0.39, 0.29) is 12.2 Å². The van der Waals surface area contributed by atoms with Crippen molar-refractivity contribution in [1.82, 2.24) is 4.98 Å². The van der Waals surface area contributed by atoms with Crippen LogP contribution in [0.25, 0.3) is 10.9 Å². The largest absolute Gasteiger partial charge is 0.469 e. The standard InChI is InChI=1S/C13H12BrNO3/c1-7-12(10(16)6-11(17)18-2)8-4-3-5-9(14)13(8)15-7/h3-5,15H,6H2,1-2H3. The summed E-state index contributed by atoms with van der Waals surface area (Å²) >= 11 is 3.42. The van der Waals surface area contributed by atoms with Crippen LogP contribution in [0, 0.1) is 6.92 Å². The summed E-state index contributed by atoms with van der Waals surface area (Å²) in [5.74, 6) is -0.757. The van der Waals surface area contributed by atoms with Gasteiger partial charge in [-0.2, -0.15) is 0 Å². The first kappa shape index (κ1) is 12.8. The number of methoxy groups -OCH3 is 1. The van der Waals surface area contributed by atoms with E-state index in [1.54, 1.807) is 0 Å². The first-order chi connectivity index (χ1) is 8.54. The van der Waals surface area contributed by atoms with E-state index in [2.05, 4.69) is 25.7 Å². The van der Waals surface area contributed by atoms with Gasteiger partial charge in [0.25, 0.3) is 0 Å². The number of carbonyl (C=O) groups excluding carboxylic acids is 2. The average molecular weight is 310 g/mol. The number of rotatable bonds is 3. The smallest absolute Gasteiger partial charge is 0.313 e. The molecule has 2 rings (SSSR count). The summed E-state index contributed by atoms with van der Waals surface area (Å²) in [6.07, 6.45) is -0.239. The van der Waals surface area contributed by atoms with Crippen LogP contribution in [0.5, 0.6) is 0 Å². The van der Waals surface area contributed by atoms with Crippen LogP contribution in [0.3, 0.4) is 0 Å². The average Bonchev–Trinajstić information content (AvgIpc) is 2.67. The summed E-state index contributed by atoms with van der Waals surface area (Å²) < 4.78 is 5.40. The molecule has 18 heavy (non-hydrogen) atoms. The molecule has 0 aliphatic heterocycles.